The van der Waals surface area contributed by atoms with Crippen molar-refractivity contribution in [3.8, 4) is 11.4 Å². The molecule has 112 valence electrons. The predicted octanol–water partition coefficient (Wildman–Crippen LogP) is 4.80. The molecule has 4 aromatic rings. The zero-order chi connectivity index (χ0) is 15.6. The monoisotopic (exact) mass is 319 g/mol. The summed E-state index contributed by atoms with van der Waals surface area (Å²) in [6.07, 6.45) is 5.42. The van der Waals surface area contributed by atoms with E-state index in [2.05, 4.69) is 57.0 Å². The van der Waals surface area contributed by atoms with Crippen LogP contribution in [-0.2, 0) is 6.54 Å². The molecule has 0 aliphatic heterocycles. The summed E-state index contributed by atoms with van der Waals surface area (Å²) in [5, 5.41) is 2.97. The first-order valence-corrected chi connectivity index (χ1v) is 7.79. The molecule has 0 spiro atoms. The summed E-state index contributed by atoms with van der Waals surface area (Å²) in [5.41, 5.74) is 2.20. The lowest BCUT2D eigenvalue weighted by molar-refractivity contribution is 0.812. The van der Waals surface area contributed by atoms with E-state index in [4.69, 9.17) is 11.6 Å². The fourth-order valence-corrected chi connectivity index (χ4v) is 3.04. The number of benzene rings is 2. The smallest absolute Gasteiger partial charge is 0.147 e. The molecule has 0 unspecified atom stereocenters. The highest BCUT2D eigenvalue weighted by Gasteiger charge is 2.11. The van der Waals surface area contributed by atoms with Crippen molar-refractivity contribution in [1.82, 2.24) is 14.5 Å². The molecular formula is C19H14ClN3. The number of hydrogen-bond donors (Lipinski definition) is 0. The van der Waals surface area contributed by atoms with Gasteiger partial charge in [-0.25, -0.2) is 4.98 Å². The summed E-state index contributed by atoms with van der Waals surface area (Å²) in [5.74, 6) is 0.830. The number of fused-ring (bicyclic) bond motifs is 1. The molecule has 2 aromatic carbocycles. The van der Waals surface area contributed by atoms with Crippen LogP contribution >= 0.6 is 11.6 Å². The average Bonchev–Trinajstić information content (AvgIpc) is 2.96. The molecule has 3 nitrogen and oxygen atoms in total. The highest BCUT2D eigenvalue weighted by Crippen LogP contribution is 2.24. The van der Waals surface area contributed by atoms with Crippen molar-refractivity contribution in [3.05, 3.63) is 83.9 Å². The van der Waals surface area contributed by atoms with Gasteiger partial charge in [0.15, 0.2) is 0 Å². The molecule has 0 aliphatic rings. The summed E-state index contributed by atoms with van der Waals surface area (Å²) in [4.78, 5) is 8.62. The molecule has 23 heavy (non-hydrogen) atoms. The van der Waals surface area contributed by atoms with E-state index in [1.165, 1.54) is 16.3 Å². The molecular weight excluding hydrogens is 306 g/mol. The lowest BCUT2D eigenvalue weighted by atomic mass is 10.0. The Bertz CT molecular complexity index is 955. The Morgan fingerprint density at radius 1 is 0.957 bits per heavy atom. The molecule has 2 heterocycles. The summed E-state index contributed by atoms with van der Waals surface area (Å²) in [6, 6.07) is 18.6. The van der Waals surface area contributed by atoms with Crippen LogP contribution < -0.4 is 0 Å². The van der Waals surface area contributed by atoms with E-state index in [9.17, 15) is 0 Å². The standard InChI is InChI=1S/C19H14ClN3/c20-18-13-23(19(22-18)15-8-4-10-21-11-15)12-16-7-3-6-14-5-1-2-9-17(14)16/h1-11,13H,12H2. The number of nitrogens with zero attached hydrogens (tertiary/aromatic N) is 3. The van der Waals surface area contributed by atoms with Gasteiger partial charge in [0, 0.05) is 30.7 Å². The molecule has 0 fully saturated rings. The summed E-state index contributed by atoms with van der Waals surface area (Å²) < 4.78 is 2.07. The van der Waals surface area contributed by atoms with Crippen LogP contribution in [-0.4, -0.2) is 14.5 Å². The SMILES string of the molecule is Clc1cn(Cc2cccc3ccccc23)c(-c2cccnc2)n1. The average molecular weight is 320 g/mol. The van der Waals surface area contributed by atoms with Crippen molar-refractivity contribution in [2.45, 2.75) is 6.54 Å². The Morgan fingerprint density at radius 2 is 1.83 bits per heavy atom. The van der Waals surface area contributed by atoms with E-state index in [1.807, 2.05) is 18.3 Å². The Morgan fingerprint density at radius 3 is 2.70 bits per heavy atom. The molecule has 0 saturated heterocycles. The third kappa shape index (κ3) is 2.71. The minimum absolute atomic E-state index is 0.490. The fourth-order valence-electron chi connectivity index (χ4n) is 2.84. The quantitative estimate of drug-likeness (QED) is 0.543. The van der Waals surface area contributed by atoms with E-state index in [1.54, 1.807) is 12.4 Å². The van der Waals surface area contributed by atoms with Crippen LogP contribution in [0.1, 0.15) is 5.56 Å². The zero-order valence-corrected chi connectivity index (χ0v) is 13.1. The third-order valence-electron chi connectivity index (χ3n) is 3.89. The topological polar surface area (TPSA) is 30.7 Å². The van der Waals surface area contributed by atoms with Crippen LogP contribution in [0, 0.1) is 0 Å². The second-order valence-electron chi connectivity index (χ2n) is 5.40. The van der Waals surface area contributed by atoms with Gasteiger partial charge in [-0.15, -0.1) is 0 Å². The second-order valence-corrected chi connectivity index (χ2v) is 5.78. The highest BCUT2D eigenvalue weighted by molar-refractivity contribution is 6.29. The summed E-state index contributed by atoms with van der Waals surface area (Å²) in [6.45, 7) is 0.714. The van der Waals surface area contributed by atoms with Crippen molar-refractivity contribution in [2.75, 3.05) is 0 Å². The van der Waals surface area contributed by atoms with Crippen LogP contribution in [0.2, 0.25) is 5.15 Å². The van der Waals surface area contributed by atoms with Crippen LogP contribution in [0.25, 0.3) is 22.2 Å². The van der Waals surface area contributed by atoms with Gasteiger partial charge in [0.05, 0.1) is 0 Å². The van der Waals surface area contributed by atoms with Crippen LogP contribution in [0.3, 0.4) is 0 Å². The van der Waals surface area contributed by atoms with Gasteiger partial charge in [-0.2, -0.15) is 0 Å². The molecule has 0 saturated carbocycles. The first-order chi connectivity index (χ1) is 11.3. The number of aromatic nitrogens is 3. The van der Waals surface area contributed by atoms with Gasteiger partial charge in [-0.1, -0.05) is 54.1 Å². The largest absolute Gasteiger partial charge is 0.325 e. The Labute approximate surface area is 139 Å². The number of pyridine rings is 1. The molecule has 4 rings (SSSR count). The molecule has 0 amide bonds. The summed E-state index contributed by atoms with van der Waals surface area (Å²) in [7, 11) is 0. The maximum atomic E-state index is 6.15. The van der Waals surface area contributed by atoms with Gasteiger partial charge < -0.3 is 4.57 Å². The first kappa shape index (κ1) is 14.0. The lowest BCUT2D eigenvalue weighted by Gasteiger charge is -2.10. The fraction of sp³-hybridized carbons (Fsp3) is 0.0526. The van der Waals surface area contributed by atoms with Crippen molar-refractivity contribution in [1.29, 1.82) is 0 Å². The van der Waals surface area contributed by atoms with Gasteiger partial charge >= 0.3 is 0 Å². The van der Waals surface area contributed by atoms with Crippen LogP contribution in [0.5, 0.6) is 0 Å². The third-order valence-corrected chi connectivity index (χ3v) is 4.07. The highest BCUT2D eigenvalue weighted by atomic mass is 35.5. The van der Waals surface area contributed by atoms with E-state index in [-0.39, 0.29) is 0 Å². The number of halogens is 1. The predicted molar refractivity (Wildman–Crippen MR) is 93.5 cm³/mol. The zero-order valence-electron chi connectivity index (χ0n) is 12.4. The van der Waals surface area contributed by atoms with Crippen molar-refractivity contribution in [2.24, 2.45) is 0 Å². The summed E-state index contributed by atoms with van der Waals surface area (Å²) >= 11 is 6.15. The molecule has 0 bridgehead atoms. The van der Waals surface area contributed by atoms with Gasteiger partial charge in [-0.05, 0) is 28.5 Å². The maximum Gasteiger partial charge on any atom is 0.147 e. The number of imidazole rings is 1. The van der Waals surface area contributed by atoms with E-state index < -0.39 is 0 Å². The van der Waals surface area contributed by atoms with E-state index >= 15 is 0 Å². The maximum absolute atomic E-state index is 6.15. The number of hydrogen-bond acceptors (Lipinski definition) is 2. The van der Waals surface area contributed by atoms with Crippen LogP contribution in [0.4, 0.5) is 0 Å². The Kier molecular flexibility index (Phi) is 3.56. The van der Waals surface area contributed by atoms with Gasteiger partial charge in [0.1, 0.15) is 11.0 Å². The van der Waals surface area contributed by atoms with E-state index in [0.717, 1.165) is 11.4 Å². The minimum atomic E-state index is 0.490. The number of rotatable bonds is 3. The Balaban J connectivity index is 1.80. The van der Waals surface area contributed by atoms with Gasteiger partial charge in [-0.3, -0.25) is 4.98 Å². The molecule has 0 N–H and O–H groups in total. The molecule has 0 aliphatic carbocycles. The lowest BCUT2D eigenvalue weighted by Crippen LogP contribution is -2.01. The Hall–Kier alpha value is -2.65. The van der Waals surface area contributed by atoms with Crippen molar-refractivity contribution >= 4 is 22.4 Å². The second kappa shape index (κ2) is 5.86. The van der Waals surface area contributed by atoms with E-state index in [0.29, 0.717) is 11.7 Å². The van der Waals surface area contributed by atoms with Gasteiger partial charge in [0.2, 0.25) is 0 Å². The van der Waals surface area contributed by atoms with Crippen molar-refractivity contribution < 1.29 is 0 Å². The molecule has 0 radical (unpaired) electrons. The van der Waals surface area contributed by atoms with Crippen molar-refractivity contribution in [3.63, 3.8) is 0 Å². The molecule has 0 atom stereocenters. The normalized spacial score (nSPS) is 11.0. The van der Waals surface area contributed by atoms with Crippen LogP contribution in [0.15, 0.2) is 73.2 Å². The molecule has 4 heteroatoms. The minimum Gasteiger partial charge on any atom is -0.325 e. The van der Waals surface area contributed by atoms with Gasteiger partial charge in [0.25, 0.3) is 0 Å². The first-order valence-electron chi connectivity index (χ1n) is 7.41. The molecule has 2 aromatic heterocycles.